The Bertz CT molecular complexity index is 632. The first-order valence-electron chi connectivity index (χ1n) is 4.70. The van der Waals surface area contributed by atoms with Crippen molar-refractivity contribution in [3.8, 4) is 12.1 Å². The molecule has 0 aliphatic carbocycles. The van der Waals surface area contributed by atoms with Gasteiger partial charge in [0.2, 0.25) is 0 Å². The molecule has 0 atom stereocenters. The average molecular weight is 244 g/mol. The highest BCUT2D eigenvalue weighted by Crippen LogP contribution is 2.16. The zero-order valence-electron chi connectivity index (χ0n) is 8.63. The minimum atomic E-state index is 0.123. The summed E-state index contributed by atoms with van der Waals surface area (Å²) in [7, 11) is 0. The largest absolute Gasteiger partial charge is 0.317 e. The Morgan fingerprint density at radius 1 is 1.35 bits per heavy atom. The van der Waals surface area contributed by atoms with E-state index < -0.39 is 0 Å². The number of aromatic nitrogens is 3. The number of nitriles is 2. The SMILES string of the molecule is N#Cc1ncn(Cc2ccncc2Cl)c1C#N. The number of halogens is 1. The van der Waals surface area contributed by atoms with Crippen molar-refractivity contribution in [3.63, 3.8) is 0 Å². The van der Waals surface area contributed by atoms with Crippen molar-refractivity contribution in [3.05, 3.63) is 46.8 Å². The molecule has 0 saturated heterocycles. The third-order valence-electron chi connectivity index (χ3n) is 2.25. The van der Waals surface area contributed by atoms with Crippen LogP contribution in [0.4, 0.5) is 0 Å². The van der Waals surface area contributed by atoms with Gasteiger partial charge in [-0.25, -0.2) is 4.98 Å². The van der Waals surface area contributed by atoms with Gasteiger partial charge in [0.15, 0.2) is 11.4 Å². The normalized spacial score (nSPS) is 9.59. The van der Waals surface area contributed by atoms with Gasteiger partial charge in [-0.1, -0.05) is 11.6 Å². The van der Waals surface area contributed by atoms with Crippen molar-refractivity contribution in [2.24, 2.45) is 0 Å². The summed E-state index contributed by atoms with van der Waals surface area (Å²) in [5.41, 5.74) is 1.18. The lowest BCUT2D eigenvalue weighted by atomic mass is 10.2. The van der Waals surface area contributed by atoms with Gasteiger partial charge in [-0.15, -0.1) is 0 Å². The summed E-state index contributed by atoms with van der Waals surface area (Å²) in [6.45, 7) is 0.388. The summed E-state index contributed by atoms with van der Waals surface area (Å²) >= 11 is 5.97. The number of rotatable bonds is 2. The molecule has 82 valence electrons. The zero-order chi connectivity index (χ0) is 12.3. The van der Waals surface area contributed by atoms with Gasteiger partial charge in [-0.3, -0.25) is 4.98 Å². The van der Waals surface area contributed by atoms with Crippen LogP contribution in [-0.4, -0.2) is 14.5 Å². The van der Waals surface area contributed by atoms with E-state index in [1.165, 1.54) is 12.5 Å². The second kappa shape index (κ2) is 4.65. The van der Waals surface area contributed by atoms with Gasteiger partial charge in [-0.2, -0.15) is 10.5 Å². The lowest BCUT2D eigenvalue weighted by Crippen LogP contribution is -2.02. The highest BCUT2D eigenvalue weighted by molar-refractivity contribution is 6.31. The van der Waals surface area contributed by atoms with E-state index in [0.29, 0.717) is 11.6 Å². The maximum absolute atomic E-state index is 8.96. The third-order valence-corrected chi connectivity index (χ3v) is 2.59. The van der Waals surface area contributed by atoms with Crippen LogP contribution in [0.15, 0.2) is 24.8 Å². The van der Waals surface area contributed by atoms with Crippen molar-refractivity contribution in [1.29, 1.82) is 10.5 Å². The Balaban J connectivity index is 2.39. The molecule has 0 amide bonds. The molecule has 0 aliphatic heterocycles. The van der Waals surface area contributed by atoms with Crippen LogP contribution in [-0.2, 0) is 6.54 Å². The molecule has 0 aliphatic rings. The molecule has 0 fully saturated rings. The monoisotopic (exact) mass is 243 g/mol. The van der Waals surface area contributed by atoms with Gasteiger partial charge >= 0.3 is 0 Å². The Morgan fingerprint density at radius 3 is 2.82 bits per heavy atom. The molecule has 2 heterocycles. The summed E-state index contributed by atoms with van der Waals surface area (Å²) in [6, 6.07) is 5.58. The fourth-order valence-corrected chi connectivity index (χ4v) is 1.60. The molecule has 5 nitrogen and oxygen atoms in total. The Hall–Kier alpha value is -2.37. The molecule has 0 spiro atoms. The van der Waals surface area contributed by atoms with Gasteiger partial charge in [0.25, 0.3) is 0 Å². The van der Waals surface area contributed by atoms with Crippen molar-refractivity contribution < 1.29 is 0 Å². The first kappa shape index (κ1) is 11.1. The Morgan fingerprint density at radius 2 is 2.18 bits per heavy atom. The molecule has 0 aromatic carbocycles. The van der Waals surface area contributed by atoms with Crippen LogP contribution in [0.5, 0.6) is 0 Å². The molecular formula is C11H6ClN5. The zero-order valence-corrected chi connectivity index (χ0v) is 9.39. The van der Waals surface area contributed by atoms with Crippen LogP contribution >= 0.6 is 11.6 Å². The van der Waals surface area contributed by atoms with Crippen LogP contribution in [0.2, 0.25) is 5.02 Å². The molecule has 2 rings (SSSR count). The van der Waals surface area contributed by atoms with Gasteiger partial charge in [0.05, 0.1) is 17.9 Å². The highest BCUT2D eigenvalue weighted by Gasteiger charge is 2.11. The molecule has 0 unspecified atom stereocenters. The van der Waals surface area contributed by atoms with E-state index in [1.54, 1.807) is 16.8 Å². The van der Waals surface area contributed by atoms with Crippen molar-refractivity contribution in [2.45, 2.75) is 6.54 Å². The fraction of sp³-hybridized carbons (Fsp3) is 0.0909. The highest BCUT2D eigenvalue weighted by atomic mass is 35.5. The van der Waals surface area contributed by atoms with Crippen molar-refractivity contribution in [2.75, 3.05) is 0 Å². The predicted molar refractivity (Wildman–Crippen MR) is 60.0 cm³/mol. The number of nitrogens with zero attached hydrogens (tertiary/aromatic N) is 5. The van der Waals surface area contributed by atoms with Crippen LogP contribution in [0.1, 0.15) is 17.0 Å². The minimum absolute atomic E-state index is 0.123. The van der Waals surface area contributed by atoms with E-state index in [4.69, 9.17) is 22.1 Å². The molecular weight excluding hydrogens is 238 g/mol. The smallest absolute Gasteiger partial charge is 0.176 e. The summed E-state index contributed by atoms with van der Waals surface area (Å²) < 4.78 is 1.58. The van der Waals surface area contributed by atoms with E-state index in [1.807, 2.05) is 12.1 Å². The number of hydrogen-bond acceptors (Lipinski definition) is 4. The van der Waals surface area contributed by atoms with E-state index in [-0.39, 0.29) is 11.4 Å². The second-order valence-electron chi connectivity index (χ2n) is 3.26. The van der Waals surface area contributed by atoms with E-state index >= 15 is 0 Å². The lowest BCUT2D eigenvalue weighted by molar-refractivity contribution is 0.784. The summed E-state index contributed by atoms with van der Waals surface area (Å²) in [4.78, 5) is 7.73. The quantitative estimate of drug-likeness (QED) is 0.805. The van der Waals surface area contributed by atoms with Crippen LogP contribution in [0.3, 0.4) is 0 Å². The first-order valence-corrected chi connectivity index (χ1v) is 5.07. The molecule has 17 heavy (non-hydrogen) atoms. The maximum Gasteiger partial charge on any atom is 0.176 e. The average Bonchev–Trinajstić information content (AvgIpc) is 2.74. The van der Waals surface area contributed by atoms with Crippen LogP contribution in [0.25, 0.3) is 0 Å². The molecule has 2 aromatic heterocycles. The molecule has 0 N–H and O–H groups in total. The molecule has 0 bridgehead atoms. The summed E-state index contributed by atoms with van der Waals surface area (Å²) in [6.07, 6.45) is 4.61. The Labute approximate surface area is 103 Å². The van der Waals surface area contributed by atoms with Crippen LogP contribution < -0.4 is 0 Å². The number of hydrogen-bond donors (Lipinski definition) is 0. The molecule has 0 radical (unpaired) electrons. The van der Waals surface area contributed by atoms with Crippen LogP contribution in [0, 0.1) is 22.7 Å². The Kier molecular flexibility index (Phi) is 3.04. The summed E-state index contributed by atoms with van der Waals surface area (Å²) in [5.74, 6) is 0. The number of pyridine rings is 1. The van der Waals surface area contributed by atoms with Gasteiger partial charge < -0.3 is 4.57 Å². The fourth-order valence-electron chi connectivity index (χ4n) is 1.42. The molecule has 0 saturated carbocycles. The maximum atomic E-state index is 8.96. The van der Waals surface area contributed by atoms with Crippen molar-refractivity contribution >= 4 is 11.6 Å². The summed E-state index contributed by atoms with van der Waals surface area (Å²) in [5, 5.41) is 18.2. The van der Waals surface area contributed by atoms with Gasteiger partial charge in [0, 0.05) is 12.4 Å². The van der Waals surface area contributed by atoms with Gasteiger partial charge in [0.1, 0.15) is 12.1 Å². The standard InChI is InChI=1S/C11H6ClN5/c12-9-5-15-2-1-8(9)6-17-7-16-10(3-13)11(17)4-14/h1-2,5,7H,6H2. The molecule has 2 aromatic rings. The van der Waals surface area contributed by atoms with Crippen molar-refractivity contribution in [1.82, 2.24) is 14.5 Å². The van der Waals surface area contributed by atoms with Gasteiger partial charge in [-0.05, 0) is 11.6 Å². The first-order chi connectivity index (χ1) is 8.26. The molecule has 6 heteroatoms. The second-order valence-corrected chi connectivity index (χ2v) is 3.67. The van der Waals surface area contributed by atoms with E-state index in [0.717, 1.165) is 5.56 Å². The van der Waals surface area contributed by atoms with E-state index in [2.05, 4.69) is 9.97 Å². The topological polar surface area (TPSA) is 78.3 Å². The predicted octanol–water partition coefficient (Wildman–Crippen LogP) is 1.72. The minimum Gasteiger partial charge on any atom is -0.317 e. The lowest BCUT2D eigenvalue weighted by Gasteiger charge is -2.05. The third kappa shape index (κ3) is 2.10. The van der Waals surface area contributed by atoms with E-state index in [9.17, 15) is 0 Å². The number of imidazole rings is 1.